The van der Waals surface area contributed by atoms with Gasteiger partial charge >= 0.3 is 6.03 Å². The second-order valence-corrected chi connectivity index (χ2v) is 5.25. The van der Waals surface area contributed by atoms with Crippen LogP contribution in [0.3, 0.4) is 0 Å². The predicted octanol–water partition coefficient (Wildman–Crippen LogP) is 3.40. The highest BCUT2D eigenvalue weighted by Crippen LogP contribution is 2.22. The van der Waals surface area contributed by atoms with E-state index < -0.39 is 0 Å². The van der Waals surface area contributed by atoms with E-state index in [4.69, 9.17) is 16.3 Å². The summed E-state index contributed by atoms with van der Waals surface area (Å²) in [6.07, 6.45) is 0.643. The summed E-state index contributed by atoms with van der Waals surface area (Å²) in [5.41, 5.74) is 0.966. The Hall–Kier alpha value is -2.27. The zero-order valence-electron chi connectivity index (χ0n) is 12.5. The average molecular weight is 337 g/mol. The van der Waals surface area contributed by atoms with Gasteiger partial charge in [0.25, 0.3) is 0 Å². The Balaban J connectivity index is 1.58. The fourth-order valence-electron chi connectivity index (χ4n) is 1.92. The van der Waals surface area contributed by atoms with Gasteiger partial charge in [0.05, 0.1) is 11.6 Å². The number of para-hydroxylation sites is 1. The number of amides is 2. The van der Waals surface area contributed by atoms with E-state index in [1.54, 1.807) is 24.3 Å². The fourth-order valence-corrected chi connectivity index (χ4v) is 2.11. The van der Waals surface area contributed by atoms with E-state index >= 15 is 0 Å². The van der Waals surface area contributed by atoms with Gasteiger partial charge in [-0.2, -0.15) is 0 Å². The molecule has 4 nitrogen and oxygen atoms in total. The van der Waals surface area contributed by atoms with Crippen LogP contribution in [0.1, 0.15) is 5.56 Å². The van der Waals surface area contributed by atoms with E-state index in [0.717, 1.165) is 5.56 Å². The summed E-state index contributed by atoms with van der Waals surface area (Å²) in [5.74, 6) is 0.325. The van der Waals surface area contributed by atoms with E-state index in [1.165, 1.54) is 12.1 Å². The van der Waals surface area contributed by atoms with Crippen LogP contribution in [0.25, 0.3) is 0 Å². The Kier molecular flexibility index (Phi) is 6.69. The predicted molar refractivity (Wildman–Crippen MR) is 88.5 cm³/mol. The lowest BCUT2D eigenvalue weighted by Crippen LogP contribution is -2.38. The molecule has 0 aromatic heterocycles. The van der Waals surface area contributed by atoms with Gasteiger partial charge in [0, 0.05) is 6.54 Å². The molecule has 0 saturated carbocycles. The van der Waals surface area contributed by atoms with Crippen molar-refractivity contribution in [3.63, 3.8) is 0 Å². The van der Waals surface area contributed by atoms with Crippen LogP contribution >= 0.6 is 11.6 Å². The van der Waals surface area contributed by atoms with Crippen LogP contribution in [0, 0.1) is 5.82 Å². The lowest BCUT2D eigenvalue weighted by atomic mass is 10.1. The Bertz CT molecular complexity index is 635. The van der Waals surface area contributed by atoms with Crippen molar-refractivity contribution in [3.8, 4) is 5.75 Å². The molecule has 0 aliphatic rings. The van der Waals surface area contributed by atoms with Gasteiger partial charge in [-0.3, -0.25) is 0 Å². The van der Waals surface area contributed by atoms with Gasteiger partial charge in [-0.15, -0.1) is 0 Å². The van der Waals surface area contributed by atoms with E-state index in [9.17, 15) is 9.18 Å². The largest absolute Gasteiger partial charge is 0.490 e. The third-order valence-corrected chi connectivity index (χ3v) is 3.41. The van der Waals surface area contributed by atoms with Crippen LogP contribution in [-0.4, -0.2) is 25.7 Å². The first kappa shape index (κ1) is 17.1. The zero-order chi connectivity index (χ0) is 16.5. The van der Waals surface area contributed by atoms with Gasteiger partial charge in [-0.05, 0) is 36.2 Å². The standard InChI is InChI=1S/C17H18ClFN2O2/c18-15-3-1-2-4-16(15)23-12-11-21-17(22)20-10-9-13-5-7-14(19)8-6-13/h1-8H,9-12H2,(H2,20,21,22). The van der Waals surface area contributed by atoms with Gasteiger partial charge in [0.15, 0.2) is 0 Å². The number of urea groups is 1. The number of hydrogen-bond donors (Lipinski definition) is 2. The molecule has 6 heteroatoms. The number of halogens is 2. The average Bonchev–Trinajstić information content (AvgIpc) is 2.55. The van der Waals surface area contributed by atoms with Crippen LogP contribution < -0.4 is 15.4 Å². The summed E-state index contributed by atoms with van der Waals surface area (Å²) in [4.78, 5) is 11.6. The van der Waals surface area contributed by atoms with Crippen LogP contribution in [0.2, 0.25) is 5.02 Å². The van der Waals surface area contributed by atoms with Crippen molar-refractivity contribution < 1.29 is 13.9 Å². The number of ether oxygens (including phenoxy) is 1. The molecule has 2 aromatic carbocycles. The lowest BCUT2D eigenvalue weighted by molar-refractivity contribution is 0.236. The highest BCUT2D eigenvalue weighted by atomic mass is 35.5. The first-order chi connectivity index (χ1) is 11.1. The van der Waals surface area contributed by atoms with Crippen molar-refractivity contribution in [1.29, 1.82) is 0 Å². The van der Waals surface area contributed by atoms with Crippen molar-refractivity contribution in [3.05, 3.63) is 64.9 Å². The second kappa shape index (κ2) is 9.00. The number of carbonyl (C=O) groups is 1. The number of rotatable bonds is 7. The summed E-state index contributed by atoms with van der Waals surface area (Å²) in [7, 11) is 0. The molecule has 2 amide bonds. The molecule has 23 heavy (non-hydrogen) atoms. The molecule has 0 radical (unpaired) electrons. The summed E-state index contributed by atoms with van der Waals surface area (Å²) in [6.45, 7) is 1.17. The number of benzene rings is 2. The van der Waals surface area contributed by atoms with Crippen molar-refractivity contribution in [2.45, 2.75) is 6.42 Å². The first-order valence-electron chi connectivity index (χ1n) is 7.28. The Morgan fingerprint density at radius 1 is 1.04 bits per heavy atom. The molecule has 122 valence electrons. The zero-order valence-corrected chi connectivity index (χ0v) is 13.3. The SMILES string of the molecule is O=C(NCCOc1ccccc1Cl)NCCc1ccc(F)cc1. The van der Waals surface area contributed by atoms with Gasteiger partial charge in [-0.1, -0.05) is 35.9 Å². The van der Waals surface area contributed by atoms with Gasteiger partial charge in [0.2, 0.25) is 0 Å². The third-order valence-electron chi connectivity index (χ3n) is 3.09. The minimum absolute atomic E-state index is 0.266. The molecule has 0 unspecified atom stereocenters. The van der Waals surface area contributed by atoms with Crippen LogP contribution in [0.4, 0.5) is 9.18 Å². The van der Waals surface area contributed by atoms with Crippen molar-refractivity contribution in [2.75, 3.05) is 19.7 Å². The first-order valence-corrected chi connectivity index (χ1v) is 7.66. The van der Waals surface area contributed by atoms with Crippen LogP contribution in [0.15, 0.2) is 48.5 Å². The Morgan fingerprint density at radius 2 is 1.74 bits per heavy atom. The molecular formula is C17H18ClFN2O2. The number of carbonyl (C=O) groups excluding carboxylic acids is 1. The van der Waals surface area contributed by atoms with Crippen molar-refractivity contribution in [2.24, 2.45) is 0 Å². The van der Waals surface area contributed by atoms with E-state index in [2.05, 4.69) is 10.6 Å². The minimum atomic E-state index is -0.269. The normalized spacial score (nSPS) is 10.2. The summed E-state index contributed by atoms with van der Waals surface area (Å²) >= 11 is 5.95. The third kappa shape index (κ3) is 6.16. The smallest absolute Gasteiger partial charge is 0.314 e. The lowest BCUT2D eigenvalue weighted by Gasteiger charge is -2.10. The van der Waals surface area contributed by atoms with Crippen LogP contribution in [-0.2, 0) is 6.42 Å². The van der Waals surface area contributed by atoms with E-state index in [1.807, 2.05) is 12.1 Å². The van der Waals surface area contributed by atoms with Gasteiger partial charge in [-0.25, -0.2) is 9.18 Å². The maximum Gasteiger partial charge on any atom is 0.314 e. The molecule has 2 aromatic rings. The highest BCUT2D eigenvalue weighted by Gasteiger charge is 2.02. The van der Waals surface area contributed by atoms with Crippen molar-refractivity contribution in [1.82, 2.24) is 10.6 Å². The fraction of sp³-hybridized carbons (Fsp3) is 0.235. The summed E-state index contributed by atoms with van der Waals surface area (Å²) in [5, 5.41) is 5.96. The number of hydrogen-bond acceptors (Lipinski definition) is 2. The maximum atomic E-state index is 12.8. The maximum absolute atomic E-state index is 12.8. The highest BCUT2D eigenvalue weighted by molar-refractivity contribution is 6.32. The van der Waals surface area contributed by atoms with E-state index in [0.29, 0.717) is 36.9 Å². The Morgan fingerprint density at radius 3 is 2.48 bits per heavy atom. The van der Waals surface area contributed by atoms with Crippen LogP contribution in [0.5, 0.6) is 5.75 Å². The molecule has 0 fully saturated rings. The minimum Gasteiger partial charge on any atom is -0.490 e. The molecule has 0 aliphatic carbocycles. The molecular weight excluding hydrogens is 319 g/mol. The topological polar surface area (TPSA) is 50.4 Å². The molecule has 0 bridgehead atoms. The van der Waals surface area contributed by atoms with Crippen molar-refractivity contribution >= 4 is 17.6 Å². The molecule has 0 spiro atoms. The monoisotopic (exact) mass is 336 g/mol. The molecule has 0 heterocycles. The molecule has 0 saturated heterocycles. The number of nitrogens with one attached hydrogen (secondary N) is 2. The summed E-state index contributed by atoms with van der Waals surface area (Å²) < 4.78 is 18.2. The van der Waals surface area contributed by atoms with Gasteiger partial charge < -0.3 is 15.4 Å². The molecule has 0 atom stereocenters. The quantitative estimate of drug-likeness (QED) is 0.761. The molecule has 0 aliphatic heterocycles. The summed E-state index contributed by atoms with van der Waals surface area (Å²) in [6, 6.07) is 13.1. The molecule has 2 N–H and O–H groups in total. The Labute approximate surface area is 139 Å². The molecule has 2 rings (SSSR count). The van der Waals surface area contributed by atoms with Gasteiger partial charge in [0.1, 0.15) is 18.2 Å². The van der Waals surface area contributed by atoms with E-state index in [-0.39, 0.29) is 11.8 Å². The second-order valence-electron chi connectivity index (χ2n) is 4.84.